The molecule has 6 nitrogen and oxygen atoms in total. The number of hydrogen-bond donors (Lipinski definition) is 0. The zero-order chi connectivity index (χ0) is 16.4. The number of amides is 1. The van der Waals surface area contributed by atoms with Gasteiger partial charge in [0.05, 0.1) is 12.0 Å². The number of methoxy groups -OCH3 is 1. The standard InChI is InChI=1S/C16H18N2O4S/c1-10-12(15(20)21-2)8-11(22-10)9-13-14(19)17-16(23-13)18-6-4-3-5-7-18/h8-9H,3-7H2,1-2H3. The molecule has 0 unspecified atom stereocenters. The maximum atomic E-state index is 12.1. The van der Waals surface area contributed by atoms with Gasteiger partial charge >= 0.3 is 5.97 Å². The number of furan rings is 1. The molecule has 1 amide bonds. The fourth-order valence-electron chi connectivity index (χ4n) is 2.64. The molecule has 1 aromatic heterocycles. The summed E-state index contributed by atoms with van der Waals surface area (Å²) in [5, 5.41) is 0.761. The molecule has 0 bridgehead atoms. The van der Waals surface area contributed by atoms with E-state index >= 15 is 0 Å². The number of piperidine rings is 1. The predicted octanol–water partition coefficient (Wildman–Crippen LogP) is 2.83. The third-order valence-corrected chi connectivity index (χ3v) is 4.90. The highest BCUT2D eigenvalue weighted by Crippen LogP contribution is 2.32. The van der Waals surface area contributed by atoms with E-state index in [1.807, 2.05) is 0 Å². The molecule has 3 heterocycles. The average molecular weight is 334 g/mol. The molecule has 0 aliphatic carbocycles. The number of aryl methyl sites for hydroxylation is 1. The Morgan fingerprint density at radius 3 is 2.83 bits per heavy atom. The lowest BCUT2D eigenvalue weighted by Gasteiger charge is -2.27. The first-order chi connectivity index (χ1) is 11.1. The van der Waals surface area contributed by atoms with Crippen LogP contribution in [0.4, 0.5) is 0 Å². The summed E-state index contributed by atoms with van der Waals surface area (Å²) >= 11 is 1.36. The highest BCUT2D eigenvalue weighted by atomic mass is 32.2. The van der Waals surface area contributed by atoms with E-state index in [-0.39, 0.29) is 5.91 Å². The number of rotatable bonds is 2. The molecule has 0 aromatic carbocycles. The van der Waals surface area contributed by atoms with Crippen LogP contribution in [0, 0.1) is 6.92 Å². The molecule has 0 radical (unpaired) electrons. The molecule has 3 rings (SSSR count). The molecular weight excluding hydrogens is 316 g/mol. The largest absolute Gasteiger partial charge is 0.465 e. The van der Waals surface area contributed by atoms with Gasteiger partial charge in [0.2, 0.25) is 0 Å². The van der Waals surface area contributed by atoms with E-state index < -0.39 is 5.97 Å². The molecule has 122 valence electrons. The monoisotopic (exact) mass is 334 g/mol. The Hall–Kier alpha value is -2.02. The molecular formula is C16H18N2O4S. The summed E-state index contributed by atoms with van der Waals surface area (Å²) in [5.74, 6) is 0.209. The van der Waals surface area contributed by atoms with Crippen molar-refractivity contribution in [1.82, 2.24) is 4.90 Å². The van der Waals surface area contributed by atoms with E-state index in [0.717, 1.165) is 31.1 Å². The molecule has 2 aliphatic heterocycles. The number of amidine groups is 1. The van der Waals surface area contributed by atoms with Gasteiger partial charge in [-0.25, -0.2) is 4.79 Å². The van der Waals surface area contributed by atoms with Crippen LogP contribution in [0.5, 0.6) is 0 Å². The SMILES string of the molecule is COC(=O)c1cc(C=C2SC(N3CCCCC3)=NC2=O)oc1C. The van der Waals surface area contributed by atoms with Crippen LogP contribution >= 0.6 is 11.8 Å². The first kappa shape index (κ1) is 15.9. The highest BCUT2D eigenvalue weighted by Gasteiger charge is 2.27. The molecule has 0 saturated carbocycles. The number of nitrogens with zero attached hydrogens (tertiary/aromatic N) is 2. The van der Waals surface area contributed by atoms with E-state index in [2.05, 4.69) is 9.89 Å². The normalized spacial score (nSPS) is 20.1. The van der Waals surface area contributed by atoms with Gasteiger partial charge in [-0.05, 0) is 44.0 Å². The van der Waals surface area contributed by atoms with Gasteiger partial charge < -0.3 is 14.1 Å². The lowest BCUT2D eigenvalue weighted by molar-refractivity contribution is -0.113. The van der Waals surface area contributed by atoms with Crippen LogP contribution in [0.1, 0.15) is 41.1 Å². The first-order valence-electron chi connectivity index (χ1n) is 7.55. The maximum Gasteiger partial charge on any atom is 0.341 e. The zero-order valence-corrected chi connectivity index (χ0v) is 13.9. The molecule has 7 heteroatoms. The van der Waals surface area contributed by atoms with Crippen LogP contribution in [-0.2, 0) is 9.53 Å². The zero-order valence-electron chi connectivity index (χ0n) is 13.1. The van der Waals surface area contributed by atoms with Gasteiger partial charge in [0.25, 0.3) is 5.91 Å². The summed E-state index contributed by atoms with van der Waals surface area (Å²) in [6, 6.07) is 1.58. The van der Waals surface area contributed by atoms with Crippen molar-refractivity contribution in [3.05, 3.63) is 28.1 Å². The first-order valence-corrected chi connectivity index (χ1v) is 8.36. The van der Waals surface area contributed by atoms with Crippen LogP contribution in [0.15, 0.2) is 20.4 Å². The average Bonchev–Trinajstić information content (AvgIpc) is 3.11. The van der Waals surface area contributed by atoms with Crippen molar-refractivity contribution in [2.24, 2.45) is 4.99 Å². The third kappa shape index (κ3) is 3.34. The van der Waals surface area contributed by atoms with E-state index in [1.165, 1.54) is 25.3 Å². The van der Waals surface area contributed by atoms with Gasteiger partial charge in [0.15, 0.2) is 5.17 Å². The molecule has 0 N–H and O–H groups in total. The molecule has 1 fully saturated rings. The van der Waals surface area contributed by atoms with Crippen molar-refractivity contribution in [2.75, 3.05) is 20.2 Å². The summed E-state index contributed by atoms with van der Waals surface area (Å²) in [7, 11) is 1.32. The summed E-state index contributed by atoms with van der Waals surface area (Å²) in [6.07, 6.45) is 5.12. The molecule has 0 spiro atoms. The Kier molecular flexibility index (Phi) is 4.56. The summed E-state index contributed by atoms with van der Waals surface area (Å²) in [5.41, 5.74) is 0.368. The quantitative estimate of drug-likeness (QED) is 0.612. The molecule has 2 aliphatic rings. The second-order valence-electron chi connectivity index (χ2n) is 5.47. The van der Waals surface area contributed by atoms with Crippen LogP contribution in [0.25, 0.3) is 6.08 Å². The Morgan fingerprint density at radius 2 is 2.13 bits per heavy atom. The van der Waals surface area contributed by atoms with Crippen LogP contribution in [0.2, 0.25) is 0 Å². The molecule has 23 heavy (non-hydrogen) atoms. The summed E-state index contributed by atoms with van der Waals surface area (Å²) in [6.45, 7) is 3.57. The highest BCUT2D eigenvalue weighted by molar-refractivity contribution is 8.18. The number of likely N-dealkylation sites (tertiary alicyclic amines) is 1. The van der Waals surface area contributed by atoms with Crippen molar-refractivity contribution in [3.63, 3.8) is 0 Å². The van der Waals surface area contributed by atoms with Gasteiger partial charge in [0, 0.05) is 19.2 Å². The minimum atomic E-state index is -0.452. The van der Waals surface area contributed by atoms with Crippen molar-refractivity contribution in [3.8, 4) is 0 Å². The van der Waals surface area contributed by atoms with Gasteiger partial charge in [-0.3, -0.25) is 4.79 Å². The fourth-order valence-corrected chi connectivity index (χ4v) is 3.58. The Bertz CT molecular complexity index is 699. The van der Waals surface area contributed by atoms with Gasteiger partial charge in [0.1, 0.15) is 17.1 Å². The van der Waals surface area contributed by atoms with E-state index in [1.54, 1.807) is 19.1 Å². The number of thioether (sulfide) groups is 1. The van der Waals surface area contributed by atoms with E-state index in [4.69, 9.17) is 9.15 Å². The smallest absolute Gasteiger partial charge is 0.341 e. The third-order valence-electron chi connectivity index (χ3n) is 3.85. The Balaban J connectivity index is 1.76. The number of carbonyl (C=O) groups excluding carboxylic acids is 2. The van der Waals surface area contributed by atoms with Crippen molar-refractivity contribution >= 4 is 34.9 Å². The molecule has 1 saturated heterocycles. The topological polar surface area (TPSA) is 72.1 Å². The number of aliphatic imine (C=N–C) groups is 1. The fraction of sp³-hybridized carbons (Fsp3) is 0.438. The van der Waals surface area contributed by atoms with Gasteiger partial charge in [-0.1, -0.05) is 0 Å². The Labute approximate surface area is 138 Å². The van der Waals surface area contributed by atoms with Crippen molar-refractivity contribution in [1.29, 1.82) is 0 Å². The maximum absolute atomic E-state index is 12.1. The Morgan fingerprint density at radius 1 is 1.39 bits per heavy atom. The van der Waals surface area contributed by atoms with Crippen LogP contribution in [-0.4, -0.2) is 42.1 Å². The van der Waals surface area contributed by atoms with Crippen LogP contribution in [0.3, 0.4) is 0 Å². The number of carbonyl (C=O) groups is 2. The number of ether oxygens (including phenoxy) is 1. The van der Waals surface area contributed by atoms with Gasteiger partial charge in [-0.2, -0.15) is 4.99 Å². The second-order valence-corrected chi connectivity index (χ2v) is 6.48. The molecule has 0 atom stereocenters. The van der Waals surface area contributed by atoms with E-state index in [0.29, 0.717) is 22.0 Å². The number of hydrogen-bond acceptors (Lipinski definition) is 6. The summed E-state index contributed by atoms with van der Waals surface area (Å²) < 4.78 is 10.2. The lowest BCUT2D eigenvalue weighted by atomic mass is 10.1. The van der Waals surface area contributed by atoms with Crippen molar-refractivity contribution < 1.29 is 18.7 Å². The molecule has 1 aromatic rings. The van der Waals surface area contributed by atoms with Gasteiger partial charge in [-0.15, -0.1) is 0 Å². The lowest BCUT2D eigenvalue weighted by Crippen LogP contribution is -2.33. The minimum Gasteiger partial charge on any atom is -0.465 e. The van der Waals surface area contributed by atoms with Crippen LogP contribution < -0.4 is 0 Å². The predicted molar refractivity (Wildman–Crippen MR) is 88.2 cm³/mol. The van der Waals surface area contributed by atoms with E-state index in [9.17, 15) is 9.59 Å². The minimum absolute atomic E-state index is 0.260. The number of esters is 1. The van der Waals surface area contributed by atoms with Crippen molar-refractivity contribution in [2.45, 2.75) is 26.2 Å². The second kappa shape index (κ2) is 6.62. The summed E-state index contributed by atoms with van der Waals surface area (Å²) in [4.78, 5) is 30.5.